The van der Waals surface area contributed by atoms with Crippen LogP contribution < -0.4 is 0 Å². The highest BCUT2D eigenvalue weighted by Crippen LogP contribution is 2.29. The van der Waals surface area contributed by atoms with Crippen molar-refractivity contribution in [2.24, 2.45) is 5.41 Å². The average molecular weight is 274 g/mol. The SMILES string of the molecule is C=CC(C)(CBr)Cc1nc(C)c(C)s1. The standard InChI is InChI=1S/C11H16BrNS/c1-5-11(4,7-12)6-10-13-8(2)9(3)14-10/h5H,1,6-7H2,2-4H3. The Balaban J connectivity index is 2.82. The normalized spacial score (nSPS) is 15.1. The van der Waals surface area contributed by atoms with Gasteiger partial charge in [0.15, 0.2) is 0 Å². The van der Waals surface area contributed by atoms with Crippen molar-refractivity contribution < 1.29 is 0 Å². The molecule has 0 bridgehead atoms. The lowest BCUT2D eigenvalue weighted by molar-refractivity contribution is 0.492. The summed E-state index contributed by atoms with van der Waals surface area (Å²) >= 11 is 5.31. The second kappa shape index (κ2) is 4.58. The number of aryl methyl sites for hydroxylation is 2. The Morgan fingerprint density at radius 2 is 2.21 bits per heavy atom. The van der Waals surface area contributed by atoms with Crippen LogP contribution in [0.5, 0.6) is 0 Å². The number of hydrogen-bond donors (Lipinski definition) is 0. The first kappa shape index (κ1) is 11.9. The molecule has 1 nitrogen and oxygen atoms in total. The monoisotopic (exact) mass is 273 g/mol. The Labute approximate surface area is 98.4 Å². The highest BCUT2D eigenvalue weighted by Gasteiger charge is 2.21. The Morgan fingerprint density at radius 3 is 2.57 bits per heavy atom. The number of hydrogen-bond acceptors (Lipinski definition) is 2. The maximum Gasteiger partial charge on any atom is 0.0939 e. The van der Waals surface area contributed by atoms with Gasteiger partial charge in [-0.3, -0.25) is 0 Å². The van der Waals surface area contributed by atoms with Gasteiger partial charge in [-0.2, -0.15) is 0 Å². The van der Waals surface area contributed by atoms with Gasteiger partial charge in [-0.15, -0.1) is 17.9 Å². The molecule has 1 aromatic rings. The van der Waals surface area contributed by atoms with Gasteiger partial charge >= 0.3 is 0 Å². The minimum absolute atomic E-state index is 0.122. The summed E-state index contributed by atoms with van der Waals surface area (Å²) in [5, 5.41) is 2.14. The number of alkyl halides is 1. The van der Waals surface area contributed by atoms with E-state index in [0.29, 0.717) is 0 Å². The number of aromatic nitrogens is 1. The molecule has 14 heavy (non-hydrogen) atoms. The van der Waals surface area contributed by atoms with Crippen LogP contribution in [-0.2, 0) is 6.42 Å². The van der Waals surface area contributed by atoms with E-state index in [1.807, 2.05) is 6.08 Å². The van der Waals surface area contributed by atoms with Crippen LogP contribution in [0.2, 0.25) is 0 Å². The van der Waals surface area contributed by atoms with Crippen LogP contribution in [0, 0.1) is 19.3 Å². The van der Waals surface area contributed by atoms with Crippen LogP contribution >= 0.6 is 27.3 Å². The molecule has 0 fully saturated rings. The number of nitrogens with zero attached hydrogens (tertiary/aromatic N) is 1. The van der Waals surface area contributed by atoms with E-state index in [1.165, 1.54) is 9.88 Å². The molecule has 0 spiro atoms. The number of rotatable bonds is 4. The first-order valence-corrected chi connectivity index (χ1v) is 6.57. The van der Waals surface area contributed by atoms with E-state index in [1.54, 1.807) is 11.3 Å². The van der Waals surface area contributed by atoms with Crippen LogP contribution in [0.1, 0.15) is 22.5 Å². The fourth-order valence-corrected chi connectivity index (χ4v) is 2.69. The topological polar surface area (TPSA) is 12.9 Å². The second-order valence-electron chi connectivity index (χ2n) is 3.92. The Kier molecular flexibility index (Phi) is 3.90. The third kappa shape index (κ3) is 2.67. The lowest BCUT2D eigenvalue weighted by Gasteiger charge is -2.20. The van der Waals surface area contributed by atoms with Gasteiger partial charge in [0.05, 0.1) is 10.7 Å². The quantitative estimate of drug-likeness (QED) is 0.599. The maximum absolute atomic E-state index is 4.54. The zero-order valence-electron chi connectivity index (χ0n) is 8.93. The van der Waals surface area contributed by atoms with E-state index in [2.05, 4.69) is 48.3 Å². The summed E-state index contributed by atoms with van der Waals surface area (Å²) in [6.07, 6.45) is 2.98. The third-order valence-corrected chi connectivity index (χ3v) is 4.78. The molecule has 0 N–H and O–H groups in total. The lowest BCUT2D eigenvalue weighted by Crippen LogP contribution is -2.17. The van der Waals surface area contributed by atoms with Gasteiger partial charge in [0.2, 0.25) is 0 Å². The van der Waals surface area contributed by atoms with E-state index in [0.717, 1.165) is 17.4 Å². The molecule has 0 aliphatic rings. The summed E-state index contributed by atoms with van der Waals surface area (Å²) in [6, 6.07) is 0. The lowest BCUT2D eigenvalue weighted by atomic mass is 9.90. The van der Waals surface area contributed by atoms with Crippen LogP contribution in [0.15, 0.2) is 12.7 Å². The van der Waals surface area contributed by atoms with E-state index >= 15 is 0 Å². The number of thiazole rings is 1. The summed E-state index contributed by atoms with van der Waals surface area (Å²) in [5.41, 5.74) is 1.28. The van der Waals surface area contributed by atoms with Crippen LogP contribution in [-0.4, -0.2) is 10.3 Å². The number of halogens is 1. The molecule has 0 aliphatic heterocycles. The van der Waals surface area contributed by atoms with Gasteiger partial charge < -0.3 is 0 Å². The maximum atomic E-state index is 4.54. The summed E-state index contributed by atoms with van der Waals surface area (Å²) in [6.45, 7) is 10.3. The highest BCUT2D eigenvalue weighted by molar-refractivity contribution is 9.09. The second-order valence-corrected chi connectivity index (χ2v) is 5.77. The van der Waals surface area contributed by atoms with Crippen molar-refractivity contribution in [3.05, 3.63) is 28.2 Å². The van der Waals surface area contributed by atoms with Gasteiger partial charge in [0.1, 0.15) is 0 Å². The Hall–Kier alpha value is -0.150. The number of allylic oxidation sites excluding steroid dienone is 1. The smallest absolute Gasteiger partial charge is 0.0939 e. The van der Waals surface area contributed by atoms with Crippen LogP contribution in [0.4, 0.5) is 0 Å². The van der Waals surface area contributed by atoms with Gasteiger partial charge in [-0.05, 0) is 13.8 Å². The molecule has 78 valence electrons. The van der Waals surface area contributed by atoms with Crippen molar-refractivity contribution in [1.29, 1.82) is 0 Å². The van der Waals surface area contributed by atoms with Crippen molar-refractivity contribution in [2.75, 3.05) is 5.33 Å². The molecule has 1 rings (SSSR count). The molecule has 3 heteroatoms. The fourth-order valence-electron chi connectivity index (χ4n) is 1.13. The molecule has 0 aliphatic carbocycles. The molecule has 0 saturated heterocycles. The Bertz CT molecular complexity index is 313. The zero-order valence-corrected chi connectivity index (χ0v) is 11.3. The molecule has 1 unspecified atom stereocenters. The van der Waals surface area contributed by atoms with Crippen molar-refractivity contribution in [1.82, 2.24) is 4.98 Å². The van der Waals surface area contributed by atoms with Crippen molar-refractivity contribution in [2.45, 2.75) is 27.2 Å². The fraction of sp³-hybridized carbons (Fsp3) is 0.545. The van der Waals surface area contributed by atoms with Gasteiger partial charge in [-0.1, -0.05) is 28.9 Å². The highest BCUT2D eigenvalue weighted by atomic mass is 79.9. The molecular formula is C11H16BrNS. The molecule has 1 heterocycles. The van der Waals surface area contributed by atoms with E-state index in [4.69, 9.17) is 0 Å². The van der Waals surface area contributed by atoms with Crippen molar-refractivity contribution in [3.63, 3.8) is 0 Å². The van der Waals surface area contributed by atoms with E-state index in [9.17, 15) is 0 Å². The van der Waals surface area contributed by atoms with Gasteiger partial charge in [0.25, 0.3) is 0 Å². The molecular weight excluding hydrogens is 258 g/mol. The van der Waals surface area contributed by atoms with Gasteiger partial charge in [-0.25, -0.2) is 4.98 Å². The minimum atomic E-state index is 0.122. The first-order chi connectivity index (χ1) is 6.50. The van der Waals surface area contributed by atoms with Crippen LogP contribution in [0.3, 0.4) is 0 Å². The van der Waals surface area contributed by atoms with E-state index in [-0.39, 0.29) is 5.41 Å². The van der Waals surface area contributed by atoms with Gasteiger partial charge in [0, 0.05) is 22.0 Å². The Morgan fingerprint density at radius 1 is 1.57 bits per heavy atom. The molecule has 0 aromatic carbocycles. The van der Waals surface area contributed by atoms with Crippen LogP contribution in [0.25, 0.3) is 0 Å². The predicted octanol–water partition coefficient (Wildman–Crippen LogP) is 3.89. The predicted molar refractivity (Wildman–Crippen MR) is 67.4 cm³/mol. The summed E-state index contributed by atoms with van der Waals surface area (Å²) < 4.78 is 0. The molecule has 0 radical (unpaired) electrons. The summed E-state index contributed by atoms with van der Waals surface area (Å²) in [5.74, 6) is 0. The summed E-state index contributed by atoms with van der Waals surface area (Å²) in [4.78, 5) is 5.86. The first-order valence-electron chi connectivity index (χ1n) is 4.63. The summed E-state index contributed by atoms with van der Waals surface area (Å²) in [7, 11) is 0. The zero-order chi connectivity index (χ0) is 10.8. The van der Waals surface area contributed by atoms with E-state index < -0.39 is 0 Å². The van der Waals surface area contributed by atoms with Crippen molar-refractivity contribution >= 4 is 27.3 Å². The largest absolute Gasteiger partial charge is 0.246 e. The molecule has 1 aromatic heterocycles. The average Bonchev–Trinajstić information content (AvgIpc) is 2.45. The molecule has 0 saturated carbocycles. The molecule has 1 atom stereocenters. The van der Waals surface area contributed by atoms with Crippen molar-refractivity contribution in [3.8, 4) is 0 Å². The minimum Gasteiger partial charge on any atom is -0.246 e. The molecule has 0 amide bonds. The third-order valence-electron chi connectivity index (χ3n) is 2.43.